The van der Waals surface area contributed by atoms with Crippen LogP contribution in [0.4, 0.5) is 0 Å². The predicted molar refractivity (Wildman–Crippen MR) is 92.4 cm³/mol. The van der Waals surface area contributed by atoms with Crippen molar-refractivity contribution in [2.45, 2.75) is 43.3 Å². The molecule has 10 heteroatoms. The van der Waals surface area contributed by atoms with Crippen LogP contribution in [0.1, 0.15) is 36.1 Å². The normalized spacial score (nSPS) is 20.9. The van der Waals surface area contributed by atoms with Gasteiger partial charge in [0.1, 0.15) is 11.6 Å². The molecule has 0 atom stereocenters. The molecule has 0 amide bonds. The third-order valence-electron chi connectivity index (χ3n) is 4.52. The zero-order valence-electron chi connectivity index (χ0n) is 15.3. The van der Waals surface area contributed by atoms with E-state index in [-0.39, 0.29) is 17.0 Å². The molecule has 2 heterocycles. The van der Waals surface area contributed by atoms with Crippen molar-refractivity contribution >= 4 is 10.0 Å². The highest BCUT2D eigenvalue weighted by molar-refractivity contribution is 7.89. The molecule has 0 unspecified atom stereocenters. The first-order chi connectivity index (χ1) is 11.7. The lowest BCUT2D eigenvalue weighted by atomic mass is 9.80. The summed E-state index contributed by atoms with van der Waals surface area (Å²) in [6.45, 7) is 2.50. The molecule has 0 spiro atoms. The van der Waals surface area contributed by atoms with Crippen molar-refractivity contribution in [3.8, 4) is 0 Å². The number of rotatable bonds is 6. The van der Waals surface area contributed by atoms with Gasteiger partial charge in [-0.05, 0) is 39.9 Å². The van der Waals surface area contributed by atoms with Crippen LogP contribution in [0.25, 0.3) is 0 Å². The number of aromatic nitrogens is 5. The summed E-state index contributed by atoms with van der Waals surface area (Å²) in [5.74, 6) is 2.06. The third-order valence-corrected chi connectivity index (χ3v) is 6.09. The highest BCUT2D eigenvalue weighted by Gasteiger charge is 2.37. The van der Waals surface area contributed by atoms with Crippen molar-refractivity contribution in [2.75, 3.05) is 14.1 Å². The average molecular weight is 367 g/mol. The number of aryl methyl sites for hydroxylation is 2. The van der Waals surface area contributed by atoms with Crippen LogP contribution in [0.15, 0.2) is 11.1 Å². The molecule has 2 aromatic heterocycles. The van der Waals surface area contributed by atoms with Crippen molar-refractivity contribution in [1.29, 1.82) is 0 Å². The zero-order valence-corrected chi connectivity index (χ0v) is 16.1. The lowest BCUT2D eigenvalue weighted by Crippen LogP contribution is -2.44. The number of hydrogen-bond donors (Lipinski definition) is 1. The van der Waals surface area contributed by atoms with Gasteiger partial charge >= 0.3 is 0 Å². The van der Waals surface area contributed by atoms with Crippen LogP contribution >= 0.6 is 0 Å². The minimum Gasteiger partial charge on any atom is -0.317 e. The van der Waals surface area contributed by atoms with E-state index in [1.807, 2.05) is 30.6 Å². The van der Waals surface area contributed by atoms with Gasteiger partial charge in [-0.2, -0.15) is 5.10 Å². The van der Waals surface area contributed by atoms with Crippen molar-refractivity contribution in [1.82, 2.24) is 34.2 Å². The largest absolute Gasteiger partial charge is 0.317 e. The van der Waals surface area contributed by atoms with Gasteiger partial charge in [-0.1, -0.05) is 0 Å². The molecule has 0 radical (unpaired) electrons. The SMILES string of the molecule is Cc1cc(S(=O)(=O)NC2CC(c3nnc(CN(C)C)n3C)C2)n(C)n1. The highest BCUT2D eigenvalue weighted by atomic mass is 32.2. The molecule has 1 N–H and O–H groups in total. The van der Waals surface area contributed by atoms with Gasteiger partial charge in [-0.3, -0.25) is 4.68 Å². The van der Waals surface area contributed by atoms with E-state index < -0.39 is 10.0 Å². The Kier molecular flexibility index (Phi) is 4.69. The minimum absolute atomic E-state index is 0.0841. The van der Waals surface area contributed by atoms with Crippen molar-refractivity contribution in [2.24, 2.45) is 14.1 Å². The molecular formula is C15H25N7O2S. The molecule has 1 aliphatic rings. The Morgan fingerprint density at radius 3 is 2.52 bits per heavy atom. The fourth-order valence-electron chi connectivity index (χ4n) is 3.19. The summed E-state index contributed by atoms with van der Waals surface area (Å²) >= 11 is 0. The Labute approximate surface area is 148 Å². The first-order valence-corrected chi connectivity index (χ1v) is 9.71. The number of nitrogens with zero attached hydrogens (tertiary/aromatic N) is 6. The van der Waals surface area contributed by atoms with E-state index in [2.05, 4.69) is 20.0 Å². The monoisotopic (exact) mass is 367 g/mol. The van der Waals surface area contributed by atoms with Crippen LogP contribution in [0.5, 0.6) is 0 Å². The maximum absolute atomic E-state index is 12.5. The quantitative estimate of drug-likeness (QED) is 0.780. The molecule has 138 valence electrons. The van der Waals surface area contributed by atoms with E-state index >= 15 is 0 Å². The second kappa shape index (κ2) is 6.50. The summed E-state index contributed by atoms with van der Waals surface area (Å²) in [4.78, 5) is 2.04. The van der Waals surface area contributed by atoms with Crippen LogP contribution in [0.2, 0.25) is 0 Å². The highest BCUT2D eigenvalue weighted by Crippen LogP contribution is 2.36. The zero-order chi connectivity index (χ0) is 18.4. The summed E-state index contributed by atoms with van der Waals surface area (Å²) in [5.41, 5.74) is 0.682. The van der Waals surface area contributed by atoms with Crippen LogP contribution in [0.3, 0.4) is 0 Å². The van der Waals surface area contributed by atoms with Gasteiger partial charge in [0.25, 0.3) is 10.0 Å². The fraction of sp³-hybridized carbons (Fsp3) is 0.667. The number of sulfonamides is 1. The van der Waals surface area contributed by atoms with E-state index in [1.54, 1.807) is 20.0 Å². The number of nitrogens with one attached hydrogen (secondary N) is 1. The standard InChI is InChI=1S/C15H25N7O2S/c1-10-6-14(22(5)18-10)25(23,24)19-12-7-11(8-12)15-17-16-13(21(15)4)9-20(2)3/h6,11-12,19H,7-9H2,1-5H3. The van der Waals surface area contributed by atoms with Crippen LogP contribution in [-0.4, -0.2) is 58.0 Å². The van der Waals surface area contributed by atoms with Crippen molar-refractivity contribution in [3.05, 3.63) is 23.4 Å². The average Bonchev–Trinajstić information content (AvgIpc) is 2.97. The Morgan fingerprint density at radius 1 is 1.28 bits per heavy atom. The number of hydrogen-bond acceptors (Lipinski definition) is 6. The molecule has 2 aromatic rings. The summed E-state index contributed by atoms with van der Waals surface area (Å²) in [5, 5.41) is 12.8. The first kappa shape index (κ1) is 18.0. The summed E-state index contributed by atoms with van der Waals surface area (Å²) in [6.07, 6.45) is 1.45. The fourth-order valence-corrected chi connectivity index (χ4v) is 4.66. The van der Waals surface area contributed by atoms with Crippen LogP contribution in [0, 0.1) is 6.92 Å². The van der Waals surface area contributed by atoms with E-state index in [0.717, 1.165) is 31.0 Å². The van der Waals surface area contributed by atoms with Crippen LogP contribution in [-0.2, 0) is 30.7 Å². The predicted octanol–water partition coefficient (Wildman–Crippen LogP) is 0.143. The Balaban J connectivity index is 1.63. The van der Waals surface area contributed by atoms with Crippen molar-refractivity contribution < 1.29 is 8.42 Å². The van der Waals surface area contributed by atoms with Gasteiger partial charge in [-0.25, -0.2) is 13.1 Å². The smallest absolute Gasteiger partial charge is 0.257 e. The lowest BCUT2D eigenvalue weighted by Gasteiger charge is -2.34. The molecule has 3 rings (SSSR count). The van der Waals surface area contributed by atoms with Crippen molar-refractivity contribution in [3.63, 3.8) is 0 Å². The minimum atomic E-state index is -3.56. The maximum Gasteiger partial charge on any atom is 0.257 e. The second-order valence-electron chi connectivity index (χ2n) is 7.01. The summed E-state index contributed by atoms with van der Waals surface area (Å²) in [7, 11) is 4.02. The van der Waals surface area contributed by atoms with E-state index in [0.29, 0.717) is 5.69 Å². The lowest BCUT2D eigenvalue weighted by molar-refractivity contribution is 0.307. The van der Waals surface area contributed by atoms with Gasteiger partial charge in [0.2, 0.25) is 0 Å². The molecule has 0 saturated heterocycles. The van der Waals surface area contributed by atoms with E-state index in [1.165, 1.54) is 4.68 Å². The molecule has 0 aliphatic heterocycles. The van der Waals surface area contributed by atoms with Crippen LogP contribution < -0.4 is 4.72 Å². The third kappa shape index (κ3) is 3.60. The Morgan fingerprint density at radius 2 is 1.96 bits per heavy atom. The van der Waals surface area contributed by atoms with E-state index in [4.69, 9.17) is 0 Å². The van der Waals surface area contributed by atoms with Gasteiger partial charge in [-0.15, -0.1) is 10.2 Å². The first-order valence-electron chi connectivity index (χ1n) is 8.23. The molecule has 25 heavy (non-hydrogen) atoms. The summed E-state index contributed by atoms with van der Waals surface area (Å²) in [6, 6.07) is 1.49. The molecule has 9 nitrogen and oxygen atoms in total. The Hall–Kier alpha value is -1.78. The topological polar surface area (TPSA) is 97.9 Å². The molecule has 1 aliphatic carbocycles. The molecule has 0 bridgehead atoms. The summed E-state index contributed by atoms with van der Waals surface area (Å²) < 4.78 is 31.2. The molecular weight excluding hydrogens is 342 g/mol. The Bertz CT molecular complexity index is 863. The van der Waals surface area contributed by atoms with Gasteiger partial charge < -0.3 is 9.47 Å². The van der Waals surface area contributed by atoms with Gasteiger partial charge in [0.05, 0.1) is 12.2 Å². The molecule has 1 fully saturated rings. The van der Waals surface area contributed by atoms with Gasteiger partial charge in [0, 0.05) is 26.1 Å². The van der Waals surface area contributed by atoms with Gasteiger partial charge in [0.15, 0.2) is 5.03 Å². The molecule has 1 saturated carbocycles. The second-order valence-corrected chi connectivity index (χ2v) is 8.67. The van der Waals surface area contributed by atoms with E-state index in [9.17, 15) is 8.42 Å². The maximum atomic E-state index is 12.5. The molecule has 0 aromatic carbocycles.